The van der Waals surface area contributed by atoms with E-state index < -0.39 is 41.6 Å². The van der Waals surface area contributed by atoms with Gasteiger partial charge in [-0.25, -0.2) is 0 Å². The van der Waals surface area contributed by atoms with Crippen molar-refractivity contribution in [1.82, 2.24) is 4.90 Å². The molecular formula is C6H2F11N. The minimum absolute atomic E-state index is 2.54. The molecule has 0 amide bonds. The SMILES string of the molecule is FC(F)(F)CN1C(F)(F)C(F)(F)C(F)(F)C1(F)F. The first-order valence-corrected chi connectivity index (χ1v) is 3.95. The fourth-order valence-corrected chi connectivity index (χ4v) is 1.27. The Morgan fingerprint density at radius 1 is 0.667 bits per heavy atom. The molecule has 0 saturated carbocycles. The molecule has 0 N–H and O–H groups in total. The van der Waals surface area contributed by atoms with Gasteiger partial charge in [0.25, 0.3) is 0 Å². The smallest absolute Gasteiger partial charge is 0.191 e. The molecule has 1 heterocycles. The van der Waals surface area contributed by atoms with Crippen LogP contribution in [0.25, 0.3) is 0 Å². The Bertz CT molecular complexity index is 316. The Labute approximate surface area is 91.1 Å². The lowest BCUT2D eigenvalue weighted by molar-refractivity contribution is -0.303. The molecule has 0 aliphatic carbocycles. The number of nitrogens with zero attached hydrogens (tertiary/aromatic N) is 1. The molecular weight excluding hydrogens is 295 g/mol. The summed E-state index contributed by atoms with van der Waals surface area (Å²) in [4.78, 5) is -2.54. The van der Waals surface area contributed by atoms with Crippen molar-refractivity contribution in [3.63, 3.8) is 0 Å². The minimum Gasteiger partial charge on any atom is -0.191 e. The molecule has 0 bridgehead atoms. The van der Waals surface area contributed by atoms with Gasteiger partial charge in [0.1, 0.15) is 6.54 Å². The second-order valence-electron chi connectivity index (χ2n) is 3.43. The number of hydrogen-bond donors (Lipinski definition) is 0. The molecule has 0 unspecified atom stereocenters. The third kappa shape index (κ3) is 1.64. The van der Waals surface area contributed by atoms with Gasteiger partial charge in [0, 0.05) is 0 Å². The Balaban J connectivity index is 3.35. The Morgan fingerprint density at radius 3 is 1.17 bits per heavy atom. The molecule has 0 aromatic heterocycles. The number of hydrogen-bond acceptors (Lipinski definition) is 1. The van der Waals surface area contributed by atoms with Crippen molar-refractivity contribution in [3.05, 3.63) is 0 Å². The summed E-state index contributed by atoms with van der Waals surface area (Å²) in [6.45, 7) is -3.31. The van der Waals surface area contributed by atoms with Crippen LogP contribution in [0.2, 0.25) is 0 Å². The van der Waals surface area contributed by atoms with E-state index in [1.807, 2.05) is 0 Å². The van der Waals surface area contributed by atoms with Gasteiger partial charge in [-0.3, -0.25) is 0 Å². The molecule has 1 aliphatic rings. The van der Waals surface area contributed by atoms with E-state index in [-0.39, 0.29) is 0 Å². The molecule has 12 heteroatoms. The van der Waals surface area contributed by atoms with Crippen LogP contribution in [0.1, 0.15) is 0 Å². The predicted octanol–water partition coefficient (Wildman–Crippen LogP) is 3.32. The lowest BCUT2D eigenvalue weighted by Gasteiger charge is -2.28. The molecule has 108 valence electrons. The molecule has 1 rings (SSSR count). The van der Waals surface area contributed by atoms with Gasteiger partial charge in [-0.2, -0.15) is 53.2 Å². The van der Waals surface area contributed by atoms with Crippen LogP contribution in [0.15, 0.2) is 0 Å². The van der Waals surface area contributed by atoms with Crippen LogP contribution >= 0.6 is 0 Å². The highest BCUT2D eigenvalue weighted by Crippen LogP contribution is 2.63. The Kier molecular flexibility index (Phi) is 2.87. The van der Waals surface area contributed by atoms with E-state index >= 15 is 0 Å². The van der Waals surface area contributed by atoms with E-state index in [2.05, 4.69) is 0 Å². The molecule has 0 aromatic carbocycles. The first kappa shape index (κ1) is 15.2. The van der Waals surface area contributed by atoms with Crippen LogP contribution in [0.3, 0.4) is 0 Å². The topological polar surface area (TPSA) is 3.24 Å². The molecule has 1 fully saturated rings. The molecule has 0 aromatic rings. The van der Waals surface area contributed by atoms with Crippen LogP contribution in [0, 0.1) is 0 Å². The molecule has 18 heavy (non-hydrogen) atoms. The van der Waals surface area contributed by atoms with Gasteiger partial charge in [-0.15, -0.1) is 0 Å². The van der Waals surface area contributed by atoms with E-state index in [1.165, 1.54) is 0 Å². The summed E-state index contributed by atoms with van der Waals surface area (Å²) in [5.74, 6) is -13.3. The zero-order valence-electron chi connectivity index (χ0n) is 7.81. The first-order valence-electron chi connectivity index (χ1n) is 3.95. The molecule has 1 aliphatic heterocycles. The highest BCUT2D eigenvalue weighted by molar-refractivity contribution is 5.12. The van der Waals surface area contributed by atoms with Gasteiger partial charge in [-0.05, 0) is 0 Å². The molecule has 0 spiro atoms. The maximum Gasteiger partial charge on any atom is 0.401 e. The average molecular weight is 297 g/mol. The molecule has 0 atom stereocenters. The summed E-state index contributed by atoms with van der Waals surface area (Å²) in [6.07, 6.45) is -5.79. The lowest BCUT2D eigenvalue weighted by Crippen LogP contribution is -2.53. The van der Waals surface area contributed by atoms with Crippen LogP contribution in [0.4, 0.5) is 48.3 Å². The maximum atomic E-state index is 12.6. The fraction of sp³-hybridized carbons (Fsp3) is 1.00. The monoisotopic (exact) mass is 297 g/mol. The number of rotatable bonds is 1. The largest absolute Gasteiger partial charge is 0.401 e. The summed E-state index contributed by atoms with van der Waals surface area (Å²) >= 11 is 0. The van der Waals surface area contributed by atoms with E-state index in [1.54, 1.807) is 0 Å². The predicted molar refractivity (Wildman–Crippen MR) is 32.5 cm³/mol. The van der Waals surface area contributed by atoms with Crippen LogP contribution in [-0.2, 0) is 0 Å². The van der Waals surface area contributed by atoms with Gasteiger partial charge in [-0.1, -0.05) is 0 Å². The molecule has 0 radical (unpaired) electrons. The number of alkyl halides is 11. The van der Waals surface area contributed by atoms with Gasteiger partial charge in [0.05, 0.1) is 0 Å². The number of halogens is 11. The van der Waals surface area contributed by atoms with Crippen molar-refractivity contribution in [2.45, 2.75) is 30.1 Å². The summed E-state index contributed by atoms with van der Waals surface area (Å²) in [5.41, 5.74) is 0. The maximum absolute atomic E-state index is 12.6. The van der Waals surface area contributed by atoms with Gasteiger partial charge < -0.3 is 0 Å². The van der Waals surface area contributed by atoms with E-state index in [4.69, 9.17) is 0 Å². The van der Waals surface area contributed by atoms with Crippen LogP contribution in [0.5, 0.6) is 0 Å². The highest BCUT2D eigenvalue weighted by Gasteiger charge is 2.93. The zero-order chi connectivity index (χ0) is 14.8. The molecule has 1 saturated heterocycles. The number of likely N-dealkylation sites (tertiary alicyclic amines) is 1. The summed E-state index contributed by atoms with van der Waals surface area (Å²) < 4.78 is 135. The van der Waals surface area contributed by atoms with E-state index in [0.717, 1.165) is 0 Å². The molecule has 1 nitrogen and oxygen atoms in total. The van der Waals surface area contributed by atoms with Crippen LogP contribution in [-0.4, -0.2) is 41.6 Å². The first-order chi connectivity index (χ1) is 7.59. The van der Waals surface area contributed by atoms with E-state index in [0.29, 0.717) is 0 Å². The van der Waals surface area contributed by atoms with Crippen molar-refractivity contribution in [1.29, 1.82) is 0 Å². The summed E-state index contributed by atoms with van der Waals surface area (Å²) in [6, 6.07) is -12.7. The van der Waals surface area contributed by atoms with Crippen molar-refractivity contribution in [2.75, 3.05) is 6.54 Å². The quantitative estimate of drug-likeness (QED) is 0.530. The zero-order valence-corrected chi connectivity index (χ0v) is 7.81. The lowest BCUT2D eigenvalue weighted by atomic mass is 10.2. The second kappa shape index (κ2) is 3.39. The minimum atomic E-state index is -6.63. The fourth-order valence-electron chi connectivity index (χ4n) is 1.27. The normalized spacial score (nSPS) is 29.5. The summed E-state index contributed by atoms with van der Waals surface area (Å²) in [5, 5.41) is 0. The van der Waals surface area contributed by atoms with Crippen molar-refractivity contribution < 1.29 is 48.3 Å². The average Bonchev–Trinajstić information content (AvgIpc) is 2.15. The van der Waals surface area contributed by atoms with Gasteiger partial charge in [0.2, 0.25) is 0 Å². The second-order valence-corrected chi connectivity index (χ2v) is 3.43. The van der Waals surface area contributed by atoms with Gasteiger partial charge in [0.15, 0.2) is 0 Å². The standard InChI is InChI=1S/C6H2F11N/c7-2(8,9)1-18-5(14,15)3(10,11)4(12,13)6(18,16)17/h1H2. The highest BCUT2D eigenvalue weighted by atomic mass is 19.4. The van der Waals surface area contributed by atoms with Crippen LogP contribution < -0.4 is 0 Å². The third-order valence-corrected chi connectivity index (χ3v) is 2.17. The van der Waals surface area contributed by atoms with Gasteiger partial charge >= 0.3 is 30.1 Å². The Hall–Kier alpha value is -0.810. The summed E-state index contributed by atoms with van der Waals surface area (Å²) in [7, 11) is 0. The van der Waals surface area contributed by atoms with Crippen molar-refractivity contribution in [3.8, 4) is 0 Å². The van der Waals surface area contributed by atoms with Crippen molar-refractivity contribution in [2.24, 2.45) is 0 Å². The third-order valence-electron chi connectivity index (χ3n) is 2.17. The van der Waals surface area contributed by atoms with Crippen molar-refractivity contribution >= 4 is 0 Å². The Morgan fingerprint density at radius 2 is 0.944 bits per heavy atom. The van der Waals surface area contributed by atoms with E-state index in [9.17, 15) is 48.3 Å².